The quantitative estimate of drug-likeness (QED) is 0.679. The van der Waals surface area contributed by atoms with Crippen LogP contribution in [0.4, 0.5) is 4.39 Å². The van der Waals surface area contributed by atoms with Crippen molar-refractivity contribution in [3.05, 3.63) is 60.5 Å². The van der Waals surface area contributed by atoms with Gasteiger partial charge in [0.05, 0.1) is 5.52 Å². The van der Waals surface area contributed by atoms with E-state index in [1.54, 1.807) is 32.2 Å². The Balaban J connectivity index is 2.09. The Labute approximate surface area is 143 Å². The molecule has 1 N–H and O–H groups in total. The molecule has 5 heteroatoms. The number of nitrogens with zero attached hydrogens (tertiary/aromatic N) is 1. The fourth-order valence-corrected chi connectivity index (χ4v) is 3.39. The first-order valence-electron chi connectivity index (χ1n) is 7.44. The topological polar surface area (TPSA) is 50.2 Å². The van der Waals surface area contributed by atoms with Crippen LogP contribution in [0.15, 0.2) is 59.6 Å². The first-order chi connectivity index (χ1) is 11.4. The smallest absolute Gasteiger partial charge is 0.319 e. The van der Waals surface area contributed by atoms with Crippen molar-refractivity contribution in [2.24, 2.45) is 0 Å². The van der Waals surface area contributed by atoms with Crippen LogP contribution >= 0.6 is 11.8 Å². The van der Waals surface area contributed by atoms with Gasteiger partial charge in [-0.3, -0.25) is 9.78 Å². The Morgan fingerprint density at radius 2 is 1.75 bits per heavy atom. The van der Waals surface area contributed by atoms with Gasteiger partial charge in [-0.2, -0.15) is 0 Å². The van der Waals surface area contributed by atoms with E-state index >= 15 is 0 Å². The molecule has 0 saturated heterocycles. The zero-order chi connectivity index (χ0) is 17.3. The molecule has 0 aliphatic carbocycles. The predicted octanol–water partition coefficient (Wildman–Crippen LogP) is 5.00. The lowest BCUT2D eigenvalue weighted by atomic mass is 10.0. The molecule has 0 atom stereocenters. The molecule has 122 valence electrons. The van der Waals surface area contributed by atoms with Crippen LogP contribution in [0.25, 0.3) is 22.0 Å². The van der Waals surface area contributed by atoms with Crippen LogP contribution in [0.3, 0.4) is 0 Å². The van der Waals surface area contributed by atoms with Gasteiger partial charge in [-0.25, -0.2) is 4.39 Å². The third-order valence-electron chi connectivity index (χ3n) is 3.76. The van der Waals surface area contributed by atoms with Crippen LogP contribution in [0.1, 0.15) is 13.8 Å². The lowest BCUT2D eigenvalue weighted by Gasteiger charge is -2.19. The van der Waals surface area contributed by atoms with Crippen molar-refractivity contribution in [3.8, 4) is 11.1 Å². The van der Waals surface area contributed by atoms with Gasteiger partial charge in [0.25, 0.3) is 0 Å². The van der Waals surface area contributed by atoms with Gasteiger partial charge in [0.2, 0.25) is 0 Å². The van der Waals surface area contributed by atoms with Crippen LogP contribution in [0, 0.1) is 5.82 Å². The van der Waals surface area contributed by atoms with Crippen LogP contribution in [-0.2, 0) is 4.79 Å². The van der Waals surface area contributed by atoms with Crippen LogP contribution in [0.2, 0.25) is 0 Å². The summed E-state index contributed by atoms with van der Waals surface area (Å²) in [7, 11) is 0. The zero-order valence-corrected chi connectivity index (χ0v) is 14.1. The number of fused-ring (bicyclic) bond motifs is 1. The number of halogens is 1. The highest BCUT2D eigenvalue weighted by molar-refractivity contribution is 8.01. The molecule has 0 aliphatic rings. The second-order valence-electron chi connectivity index (χ2n) is 5.97. The fourth-order valence-electron chi connectivity index (χ4n) is 2.35. The minimum atomic E-state index is -0.944. The predicted molar refractivity (Wildman–Crippen MR) is 94.7 cm³/mol. The van der Waals surface area contributed by atoms with Crippen molar-refractivity contribution in [1.82, 2.24) is 4.98 Å². The summed E-state index contributed by atoms with van der Waals surface area (Å²) in [5, 5.41) is 10.2. The lowest BCUT2D eigenvalue weighted by Crippen LogP contribution is -2.26. The fraction of sp³-hybridized carbons (Fsp3) is 0.158. The number of hydrogen-bond donors (Lipinski definition) is 1. The molecule has 1 heterocycles. The molecule has 3 rings (SSSR count). The molecule has 0 aliphatic heterocycles. The van der Waals surface area contributed by atoms with Crippen LogP contribution in [0.5, 0.6) is 0 Å². The van der Waals surface area contributed by atoms with Crippen LogP contribution < -0.4 is 0 Å². The van der Waals surface area contributed by atoms with Gasteiger partial charge in [-0.1, -0.05) is 18.2 Å². The van der Waals surface area contributed by atoms with Gasteiger partial charge >= 0.3 is 5.97 Å². The number of carbonyl (C=O) groups is 1. The van der Waals surface area contributed by atoms with E-state index in [1.165, 1.54) is 23.9 Å². The number of rotatable bonds is 4. The van der Waals surface area contributed by atoms with Gasteiger partial charge in [0, 0.05) is 16.5 Å². The molecule has 0 amide bonds. The number of carboxylic acid groups (broad SMARTS) is 1. The lowest BCUT2D eigenvalue weighted by molar-refractivity contribution is -0.138. The maximum absolute atomic E-state index is 13.1. The first kappa shape index (κ1) is 16.5. The van der Waals surface area contributed by atoms with E-state index in [2.05, 4.69) is 4.98 Å². The van der Waals surface area contributed by atoms with Crippen molar-refractivity contribution >= 4 is 28.6 Å². The number of benzene rings is 2. The number of pyridine rings is 1. The highest BCUT2D eigenvalue weighted by Gasteiger charge is 2.29. The van der Waals surface area contributed by atoms with Crippen molar-refractivity contribution in [1.29, 1.82) is 0 Å². The van der Waals surface area contributed by atoms with Crippen molar-refractivity contribution in [3.63, 3.8) is 0 Å². The molecule has 0 spiro atoms. The Kier molecular flexibility index (Phi) is 4.28. The van der Waals surface area contributed by atoms with E-state index < -0.39 is 10.7 Å². The average Bonchev–Trinajstić information content (AvgIpc) is 2.55. The Morgan fingerprint density at radius 1 is 1.08 bits per heavy atom. The molecular weight excluding hydrogens is 325 g/mol. The Bertz CT molecular complexity index is 907. The third-order valence-corrected chi connectivity index (χ3v) is 5.02. The standard InChI is InChI=1S/C19H16FNO2S/c1-19(2,18(22)23)24-17-9-10-21-16-8-5-13(11-15(16)17)12-3-6-14(20)7-4-12/h3-11H,1-2H3,(H,22,23). The molecule has 3 aromatic rings. The molecule has 0 unspecified atom stereocenters. The maximum Gasteiger partial charge on any atom is 0.319 e. The van der Waals surface area contributed by atoms with E-state index in [-0.39, 0.29) is 5.82 Å². The van der Waals surface area contributed by atoms with Gasteiger partial charge < -0.3 is 5.11 Å². The van der Waals surface area contributed by atoms with Crippen LogP contribution in [-0.4, -0.2) is 20.8 Å². The number of thioether (sulfide) groups is 1. The summed E-state index contributed by atoms with van der Waals surface area (Å²) in [4.78, 5) is 16.6. The number of aromatic nitrogens is 1. The molecule has 0 radical (unpaired) electrons. The highest BCUT2D eigenvalue weighted by Crippen LogP contribution is 2.37. The third kappa shape index (κ3) is 3.26. The Morgan fingerprint density at radius 3 is 2.42 bits per heavy atom. The van der Waals surface area contributed by atoms with Crippen molar-refractivity contribution in [2.45, 2.75) is 23.5 Å². The highest BCUT2D eigenvalue weighted by atomic mass is 32.2. The summed E-state index contributed by atoms with van der Waals surface area (Å²) in [6.45, 7) is 3.35. The number of hydrogen-bond acceptors (Lipinski definition) is 3. The average molecular weight is 341 g/mol. The number of carboxylic acids is 1. The molecule has 24 heavy (non-hydrogen) atoms. The van der Waals surface area contributed by atoms with Gasteiger partial charge in [0.1, 0.15) is 10.6 Å². The maximum atomic E-state index is 13.1. The van der Waals surface area contributed by atoms with Gasteiger partial charge in [0.15, 0.2) is 0 Å². The number of aliphatic carboxylic acids is 1. The second-order valence-corrected chi connectivity index (χ2v) is 7.63. The molecule has 0 bridgehead atoms. The van der Waals surface area contributed by atoms with E-state index in [4.69, 9.17) is 0 Å². The summed E-state index contributed by atoms with van der Waals surface area (Å²) in [5.41, 5.74) is 2.63. The SMILES string of the molecule is CC(C)(Sc1ccnc2ccc(-c3ccc(F)cc3)cc12)C(=O)O. The van der Waals surface area contributed by atoms with Crippen molar-refractivity contribution in [2.75, 3.05) is 0 Å². The van der Waals surface area contributed by atoms with Gasteiger partial charge in [-0.05, 0) is 55.3 Å². The Hall–Kier alpha value is -2.40. The summed E-state index contributed by atoms with van der Waals surface area (Å²) in [6.07, 6.45) is 1.68. The largest absolute Gasteiger partial charge is 0.480 e. The summed E-state index contributed by atoms with van der Waals surface area (Å²) in [6, 6.07) is 13.9. The molecule has 3 nitrogen and oxygen atoms in total. The second kappa shape index (κ2) is 6.24. The minimum absolute atomic E-state index is 0.277. The molecule has 0 saturated carbocycles. The molecule has 1 aromatic heterocycles. The molecular formula is C19H16FNO2S. The monoisotopic (exact) mass is 341 g/mol. The summed E-state index contributed by atoms with van der Waals surface area (Å²) >= 11 is 1.29. The summed E-state index contributed by atoms with van der Waals surface area (Å²) in [5.74, 6) is -1.15. The summed E-state index contributed by atoms with van der Waals surface area (Å²) < 4.78 is 12.2. The zero-order valence-electron chi connectivity index (χ0n) is 13.3. The molecule has 0 fully saturated rings. The van der Waals surface area contributed by atoms with Crippen molar-refractivity contribution < 1.29 is 14.3 Å². The van der Waals surface area contributed by atoms with E-state index in [1.807, 2.05) is 24.3 Å². The molecule has 2 aromatic carbocycles. The normalized spacial score (nSPS) is 11.6. The minimum Gasteiger partial charge on any atom is -0.480 e. The van der Waals surface area contributed by atoms with E-state index in [0.29, 0.717) is 0 Å². The van der Waals surface area contributed by atoms with E-state index in [9.17, 15) is 14.3 Å². The van der Waals surface area contributed by atoms with Gasteiger partial charge in [-0.15, -0.1) is 11.8 Å². The van der Waals surface area contributed by atoms with E-state index in [0.717, 1.165) is 26.9 Å². The first-order valence-corrected chi connectivity index (χ1v) is 8.25.